The van der Waals surface area contributed by atoms with Crippen LogP contribution >= 0.6 is 0 Å². The Morgan fingerprint density at radius 2 is 1.42 bits per heavy atom. The molecule has 0 aliphatic rings. The topological polar surface area (TPSA) is 93.1 Å². The predicted octanol–water partition coefficient (Wildman–Crippen LogP) is 4.35. The Hall–Kier alpha value is -2.44. The van der Waals surface area contributed by atoms with Gasteiger partial charge in [0, 0.05) is 13.3 Å². The lowest BCUT2D eigenvalue weighted by atomic mass is 10.2. The summed E-state index contributed by atoms with van der Waals surface area (Å²) in [5.74, 6) is -0.850. The molecule has 0 heterocycles. The number of rotatable bonds is 17. The lowest BCUT2D eigenvalue weighted by Crippen LogP contribution is -2.24. The van der Waals surface area contributed by atoms with E-state index in [1.807, 2.05) is 31.2 Å². The summed E-state index contributed by atoms with van der Waals surface area (Å²) in [5.41, 5.74) is 0. The van der Waals surface area contributed by atoms with E-state index >= 15 is 0 Å². The highest BCUT2D eigenvalue weighted by Gasteiger charge is 2.09. The molecule has 0 aromatic carbocycles. The molecule has 31 heavy (non-hydrogen) atoms. The van der Waals surface area contributed by atoms with E-state index in [1.54, 1.807) is 6.08 Å². The highest BCUT2D eigenvalue weighted by atomic mass is 16.6. The number of hydrogen-bond donors (Lipinski definition) is 2. The molecule has 0 saturated heterocycles. The minimum absolute atomic E-state index is 0.169. The number of ether oxygens (including phenoxy) is 2. The largest absolute Gasteiger partial charge is 0.463 e. The number of allylic oxidation sites excluding steroid dienone is 9. The average molecular weight is 435 g/mol. The second-order valence-electron chi connectivity index (χ2n) is 6.94. The molecule has 0 radical (unpaired) electrons. The van der Waals surface area contributed by atoms with Crippen LogP contribution in [0.25, 0.3) is 0 Å². The minimum atomic E-state index is -0.992. The van der Waals surface area contributed by atoms with Crippen molar-refractivity contribution < 1.29 is 29.3 Å². The van der Waals surface area contributed by atoms with Crippen molar-refractivity contribution in [2.24, 2.45) is 0 Å². The molecule has 6 heteroatoms. The van der Waals surface area contributed by atoms with Crippen LogP contribution in [0.3, 0.4) is 0 Å². The van der Waals surface area contributed by atoms with E-state index < -0.39 is 12.1 Å². The van der Waals surface area contributed by atoms with Crippen LogP contribution in [0, 0.1) is 0 Å². The first-order valence-corrected chi connectivity index (χ1v) is 10.9. The first-order valence-electron chi connectivity index (χ1n) is 10.9. The number of carbonyl (C=O) groups excluding carboxylic acids is 2. The van der Waals surface area contributed by atoms with Crippen LogP contribution in [0.1, 0.15) is 58.8 Å². The van der Waals surface area contributed by atoms with Gasteiger partial charge in [0.15, 0.2) is 0 Å². The van der Waals surface area contributed by atoms with Crippen molar-refractivity contribution in [3.05, 3.63) is 60.8 Å². The van der Waals surface area contributed by atoms with E-state index in [4.69, 9.17) is 4.74 Å². The molecule has 0 aromatic heterocycles. The fourth-order valence-corrected chi connectivity index (χ4v) is 2.21. The number of carbonyl (C=O) groups is 2. The average Bonchev–Trinajstić information content (AvgIpc) is 2.75. The van der Waals surface area contributed by atoms with E-state index in [0.29, 0.717) is 6.42 Å². The normalized spacial score (nSPS) is 14.3. The number of unbranched alkanes of at least 4 members (excludes halogenated alkanes) is 1. The maximum Gasteiger partial charge on any atom is 0.305 e. The highest BCUT2D eigenvalue weighted by Crippen LogP contribution is 2.01. The van der Waals surface area contributed by atoms with Crippen molar-refractivity contribution >= 4 is 11.9 Å². The maximum atomic E-state index is 11.6. The van der Waals surface area contributed by atoms with Crippen LogP contribution in [-0.2, 0) is 19.1 Å². The molecule has 0 aliphatic carbocycles. The zero-order chi connectivity index (χ0) is 23.2. The Balaban J connectivity index is 3.64. The molecular formula is C25H38O6. The molecule has 0 rings (SSSR count). The Morgan fingerprint density at radius 3 is 2.03 bits per heavy atom. The first-order chi connectivity index (χ1) is 15.0. The van der Waals surface area contributed by atoms with Gasteiger partial charge in [-0.3, -0.25) is 9.59 Å². The fraction of sp³-hybridized carbons (Fsp3) is 0.520. The van der Waals surface area contributed by atoms with Crippen LogP contribution in [-0.4, -0.2) is 47.6 Å². The number of aliphatic hydroxyl groups excluding tert-OH is 2. The number of hydrogen-bond acceptors (Lipinski definition) is 6. The molecule has 0 fully saturated rings. The van der Waals surface area contributed by atoms with Gasteiger partial charge in [-0.15, -0.1) is 0 Å². The summed E-state index contributed by atoms with van der Waals surface area (Å²) in [6, 6.07) is 0. The van der Waals surface area contributed by atoms with Gasteiger partial charge in [-0.25, -0.2) is 0 Å². The van der Waals surface area contributed by atoms with Gasteiger partial charge < -0.3 is 19.7 Å². The molecule has 0 amide bonds. The van der Waals surface area contributed by atoms with Crippen molar-refractivity contribution in [3.8, 4) is 0 Å². The van der Waals surface area contributed by atoms with Crippen LogP contribution < -0.4 is 0 Å². The molecule has 6 nitrogen and oxygen atoms in total. The van der Waals surface area contributed by atoms with E-state index in [0.717, 1.165) is 32.1 Å². The third-order valence-corrected chi connectivity index (χ3v) is 3.98. The van der Waals surface area contributed by atoms with Gasteiger partial charge >= 0.3 is 11.9 Å². The van der Waals surface area contributed by atoms with Gasteiger partial charge in [-0.05, 0) is 38.5 Å². The lowest BCUT2D eigenvalue weighted by Gasteiger charge is -2.10. The third-order valence-electron chi connectivity index (χ3n) is 3.98. The van der Waals surface area contributed by atoms with E-state index in [-0.39, 0.29) is 31.7 Å². The summed E-state index contributed by atoms with van der Waals surface area (Å²) in [6.45, 7) is 2.85. The second-order valence-corrected chi connectivity index (χ2v) is 6.94. The summed E-state index contributed by atoms with van der Waals surface area (Å²) >= 11 is 0. The van der Waals surface area contributed by atoms with Crippen LogP contribution in [0.5, 0.6) is 0 Å². The highest BCUT2D eigenvalue weighted by molar-refractivity contribution is 5.69. The van der Waals surface area contributed by atoms with Gasteiger partial charge in [-0.2, -0.15) is 0 Å². The van der Waals surface area contributed by atoms with Crippen molar-refractivity contribution in [1.82, 2.24) is 0 Å². The Bertz CT molecular complexity index is 616. The van der Waals surface area contributed by atoms with Gasteiger partial charge in [0.1, 0.15) is 19.3 Å². The summed E-state index contributed by atoms with van der Waals surface area (Å²) in [4.78, 5) is 22.2. The van der Waals surface area contributed by atoms with Crippen LogP contribution in [0.2, 0.25) is 0 Å². The first kappa shape index (κ1) is 28.6. The zero-order valence-electron chi connectivity index (χ0n) is 18.8. The summed E-state index contributed by atoms with van der Waals surface area (Å²) in [6.07, 6.45) is 23.9. The molecule has 0 bridgehead atoms. The number of aliphatic hydroxyl groups is 2. The molecule has 0 aromatic rings. The maximum absolute atomic E-state index is 11.6. The second kappa shape index (κ2) is 20.8. The standard InChI is InChI=1S/C25H38O6/c1-3-23(27)18-16-14-12-10-8-6-4-5-7-9-11-13-15-17-19-25(29)31-21-24(28)20-30-22(2)26/h5-8,11-14,16,18,23-24,27-28H,3-4,9-10,15,17,19-21H2,1-2H3/b7-5-,8-6-,13-11-,14-12-,18-16+/t23-,24+/m0/s1. The molecule has 0 unspecified atom stereocenters. The lowest BCUT2D eigenvalue weighted by molar-refractivity contribution is -0.151. The summed E-state index contributed by atoms with van der Waals surface area (Å²) in [7, 11) is 0. The van der Waals surface area contributed by atoms with Gasteiger partial charge in [0.05, 0.1) is 6.10 Å². The molecule has 2 N–H and O–H groups in total. The SMILES string of the molecule is CC[C@H](O)/C=C/C=C\C/C=C\C/C=C\C/C=C\CCCC(=O)OC[C@H](O)COC(C)=O. The van der Waals surface area contributed by atoms with Crippen molar-refractivity contribution in [1.29, 1.82) is 0 Å². The van der Waals surface area contributed by atoms with Crippen LogP contribution in [0.4, 0.5) is 0 Å². The van der Waals surface area contributed by atoms with Crippen molar-refractivity contribution in [2.45, 2.75) is 71.0 Å². The van der Waals surface area contributed by atoms with Crippen LogP contribution in [0.15, 0.2) is 60.8 Å². The van der Waals surface area contributed by atoms with E-state index in [1.165, 1.54) is 6.92 Å². The zero-order valence-corrected chi connectivity index (χ0v) is 18.8. The van der Waals surface area contributed by atoms with Crippen molar-refractivity contribution in [2.75, 3.05) is 13.2 Å². The van der Waals surface area contributed by atoms with Gasteiger partial charge in [-0.1, -0.05) is 67.7 Å². The Kier molecular flexibility index (Phi) is 19.2. The molecule has 2 atom stereocenters. The van der Waals surface area contributed by atoms with Gasteiger partial charge in [0.2, 0.25) is 0 Å². The fourth-order valence-electron chi connectivity index (χ4n) is 2.21. The van der Waals surface area contributed by atoms with Crippen molar-refractivity contribution in [3.63, 3.8) is 0 Å². The smallest absolute Gasteiger partial charge is 0.305 e. The summed E-state index contributed by atoms with van der Waals surface area (Å²) < 4.78 is 9.56. The molecule has 174 valence electrons. The molecule has 0 aliphatic heterocycles. The quantitative estimate of drug-likeness (QED) is 0.153. The van der Waals surface area contributed by atoms with Gasteiger partial charge in [0.25, 0.3) is 0 Å². The molecule has 0 saturated carbocycles. The monoisotopic (exact) mass is 434 g/mol. The number of esters is 2. The predicted molar refractivity (Wildman–Crippen MR) is 123 cm³/mol. The third kappa shape index (κ3) is 22.1. The minimum Gasteiger partial charge on any atom is -0.463 e. The summed E-state index contributed by atoms with van der Waals surface area (Å²) in [5, 5.41) is 18.8. The van der Waals surface area contributed by atoms with E-state index in [2.05, 4.69) is 35.1 Å². The molecular weight excluding hydrogens is 396 g/mol. The Morgan fingerprint density at radius 1 is 0.839 bits per heavy atom. The van der Waals surface area contributed by atoms with E-state index in [9.17, 15) is 19.8 Å². The Labute approximate surface area is 186 Å². The molecule has 0 spiro atoms.